The lowest BCUT2D eigenvalue weighted by molar-refractivity contribution is -0.140. The number of aliphatic hydroxyl groups is 1. The lowest BCUT2D eigenvalue weighted by atomic mass is 9.94. The quantitative estimate of drug-likeness (QED) is 0.174. The first kappa shape index (κ1) is 25.4. The molecule has 2 aliphatic rings. The average molecular weight is 532 g/mol. The number of amides is 1. The summed E-state index contributed by atoms with van der Waals surface area (Å²) < 4.78 is 11.7. The number of ketones is 1. The fraction of sp³-hybridized carbons (Fsp3) is 0.176. The van der Waals surface area contributed by atoms with Crippen LogP contribution in [0.15, 0.2) is 109 Å². The van der Waals surface area contributed by atoms with Crippen LogP contribution in [-0.2, 0) is 29.2 Å². The minimum Gasteiger partial charge on any atom is -0.507 e. The van der Waals surface area contributed by atoms with E-state index in [1.807, 2.05) is 104 Å². The highest BCUT2D eigenvalue weighted by molar-refractivity contribution is 6.46. The molecule has 200 valence electrons. The number of Topliss-reactive ketones (excluding diaryl/α,β-unsaturated/α-hetero) is 1. The van der Waals surface area contributed by atoms with E-state index in [2.05, 4.69) is 0 Å². The smallest absolute Gasteiger partial charge is 0.295 e. The number of likely N-dealkylation sites (tertiary alicyclic amines) is 1. The van der Waals surface area contributed by atoms with Gasteiger partial charge in [-0.25, -0.2) is 0 Å². The molecule has 0 spiro atoms. The zero-order valence-electron chi connectivity index (χ0n) is 22.1. The van der Waals surface area contributed by atoms with Gasteiger partial charge in [-0.05, 0) is 59.5 Å². The molecule has 40 heavy (non-hydrogen) atoms. The van der Waals surface area contributed by atoms with E-state index >= 15 is 0 Å². The largest absolute Gasteiger partial charge is 0.507 e. The van der Waals surface area contributed by atoms with Gasteiger partial charge in [-0.3, -0.25) is 9.59 Å². The normalized spacial score (nSPS) is 19.4. The summed E-state index contributed by atoms with van der Waals surface area (Å²) in [6.07, 6.45) is 0.763. The molecule has 6 nitrogen and oxygen atoms in total. The SMILES string of the molecule is CC1Cc2cc(/C(O)=C3\C(=O)C(=O)N(Cc4ccccc4)C3c3ccc(OCc4ccccc4)cc3)ccc2O1. The fourth-order valence-corrected chi connectivity index (χ4v) is 5.38. The molecule has 0 aliphatic carbocycles. The summed E-state index contributed by atoms with van der Waals surface area (Å²) in [6.45, 7) is 2.64. The lowest BCUT2D eigenvalue weighted by Gasteiger charge is -2.25. The number of carbonyl (C=O) groups is 2. The third kappa shape index (κ3) is 4.96. The fourth-order valence-electron chi connectivity index (χ4n) is 5.38. The minimum absolute atomic E-state index is 0.0477. The van der Waals surface area contributed by atoms with Crippen LogP contribution in [0.4, 0.5) is 0 Å². The van der Waals surface area contributed by atoms with Crippen LogP contribution in [0.1, 0.15) is 40.8 Å². The molecule has 6 rings (SSSR count). The number of benzene rings is 4. The maximum absolute atomic E-state index is 13.5. The molecule has 4 aromatic rings. The number of rotatable bonds is 7. The maximum Gasteiger partial charge on any atom is 0.295 e. The van der Waals surface area contributed by atoms with Crippen molar-refractivity contribution in [2.24, 2.45) is 0 Å². The van der Waals surface area contributed by atoms with Crippen LogP contribution in [0.2, 0.25) is 0 Å². The highest BCUT2D eigenvalue weighted by Crippen LogP contribution is 2.41. The molecule has 0 radical (unpaired) electrons. The molecule has 6 heteroatoms. The first-order valence-corrected chi connectivity index (χ1v) is 13.4. The molecule has 0 aromatic heterocycles. The van der Waals surface area contributed by atoms with Crippen molar-refractivity contribution in [3.8, 4) is 11.5 Å². The van der Waals surface area contributed by atoms with Gasteiger partial charge in [0.25, 0.3) is 11.7 Å². The predicted molar refractivity (Wildman–Crippen MR) is 152 cm³/mol. The van der Waals surface area contributed by atoms with E-state index in [9.17, 15) is 14.7 Å². The second kappa shape index (κ2) is 10.7. The number of nitrogens with zero attached hydrogens (tertiary/aromatic N) is 1. The monoisotopic (exact) mass is 531 g/mol. The molecular formula is C34H29NO5. The van der Waals surface area contributed by atoms with Crippen molar-refractivity contribution in [3.05, 3.63) is 137 Å². The van der Waals surface area contributed by atoms with E-state index in [4.69, 9.17) is 9.47 Å². The van der Waals surface area contributed by atoms with Crippen LogP contribution in [-0.4, -0.2) is 27.8 Å². The Balaban J connectivity index is 1.37. The molecule has 2 heterocycles. The number of aliphatic hydroxyl groups excluding tert-OH is 1. The Morgan fingerprint density at radius 3 is 2.27 bits per heavy atom. The standard InChI is InChI=1S/C34H29NO5/c1-22-18-27-19-26(14-17-29(27)40-22)32(36)30-31(35(34(38)33(30)37)20-23-8-4-2-5-9-23)25-12-15-28(16-13-25)39-21-24-10-6-3-7-11-24/h2-17,19,22,31,36H,18,20-21H2,1H3/b32-30+. The van der Waals surface area contributed by atoms with Gasteiger partial charge < -0.3 is 19.5 Å². The average Bonchev–Trinajstić information content (AvgIpc) is 3.48. The second-order valence-electron chi connectivity index (χ2n) is 10.2. The summed E-state index contributed by atoms with van der Waals surface area (Å²) in [7, 11) is 0. The van der Waals surface area contributed by atoms with Crippen molar-refractivity contribution >= 4 is 17.4 Å². The zero-order valence-corrected chi connectivity index (χ0v) is 22.1. The minimum atomic E-state index is -0.758. The van der Waals surface area contributed by atoms with Crippen LogP contribution in [0.5, 0.6) is 11.5 Å². The summed E-state index contributed by atoms with van der Waals surface area (Å²) in [5.74, 6) is -0.0897. The van der Waals surface area contributed by atoms with E-state index in [0.29, 0.717) is 29.9 Å². The van der Waals surface area contributed by atoms with Crippen LogP contribution in [0.3, 0.4) is 0 Å². The van der Waals surface area contributed by atoms with Gasteiger partial charge in [0, 0.05) is 18.5 Å². The Morgan fingerprint density at radius 1 is 0.900 bits per heavy atom. The van der Waals surface area contributed by atoms with Gasteiger partial charge in [0.2, 0.25) is 0 Å². The molecule has 1 fully saturated rings. The number of hydrogen-bond acceptors (Lipinski definition) is 5. The lowest BCUT2D eigenvalue weighted by Crippen LogP contribution is -2.29. The van der Waals surface area contributed by atoms with Crippen molar-refractivity contribution in [1.82, 2.24) is 4.90 Å². The molecule has 2 unspecified atom stereocenters. The Labute approximate surface area is 233 Å². The number of ether oxygens (including phenoxy) is 2. The molecule has 0 bridgehead atoms. The van der Waals surface area contributed by atoms with Gasteiger partial charge in [0.15, 0.2) is 0 Å². The number of hydrogen-bond donors (Lipinski definition) is 1. The Hall–Kier alpha value is -4.84. The molecule has 1 saturated heterocycles. The second-order valence-corrected chi connectivity index (χ2v) is 10.2. The van der Waals surface area contributed by atoms with E-state index in [1.165, 1.54) is 4.90 Å². The molecule has 0 saturated carbocycles. The summed E-state index contributed by atoms with van der Waals surface area (Å²) in [6, 6.07) is 31.4. The van der Waals surface area contributed by atoms with E-state index in [-0.39, 0.29) is 24.0 Å². The van der Waals surface area contributed by atoms with E-state index in [1.54, 1.807) is 6.07 Å². The highest BCUT2D eigenvalue weighted by Gasteiger charge is 2.46. The van der Waals surface area contributed by atoms with Crippen molar-refractivity contribution < 1.29 is 24.2 Å². The van der Waals surface area contributed by atoms with Gasteiger partial charge in [0.05, 0.1) is 11.6 Å². The van der Waals surface area contributed by atoms with Gasteiger partial charge in [-0.15, -0.1) is 0 Å². The first-order valence-electron chi connectivity index (χ1n) is 13.4. The van der Waals surface area contributed by atoms with Gasteiger partial charge >= 0.3 is 0 Å². The molecule has 2 atom stereocenters. The molecule has 1 N–H and O–H groups in total. The Bertz CT molecular complexity index is 1580. The van der Waals surface area contributed by atoms with Gasteiger partial charge in [0.1, 0.15) is 30.0 Å². The van der Waals surface area contributed by atoms with Gasteiger partial charge in [-0.1, -0.05) is 72.8 Å². The maximum atomic E-state index is 13.5. The van der Waals surface area contributed by atoms with Crippen molar-refractivity contribution in [2.75, 3.05) is 0 Å². The zero-order chi connectivity index (χ0) is 27.6. The third-order valence-corrected chi connectivity index (χ3v) is 7.35. The molecule has 1 amide bonds. The van der Waals surface area contributed by atoms with Crippen molar-refractivity contribution in [1.29, 1.82) is 0 Å². The van der Waals surface area contributed by atoms with E-state index < -0.39 is 17.7 Å². The summed E-state index contributed by atoms with van der Waals surface area (Å²) >= 11 is 0. The third-order valence-electron chi connectivity index (χ3n) is 7.35. The Morgan fingerprint density at radius 2 is 1.57 bits per heavy atom. The summed E-state index contributed by atoms with van der Waals surface area (Å²) in [4.78, 5) is 28.4. The molecule has 2 aliphatic heterocycles. The van der Waals surface area contributed by atoms with Crippen LogP contribution in [0.25, 0.3) is 5.76 Å². The number of carbonyl (C=O) groups excluding carboxylic acids is 2. The van der Waals surface area contributed by atoms with Crippen LogP contribution < -0.4 is 9.47 Å². The number of fused-ring (bicyclic) bond motifs is 1. The van der Waals surface area contributed by atoms with Crippen LogP contribution in [0, 0.1) is 0 Å². The van der Waals surface area contributed by atoms with Crippen LogP contribution >= 0.6 is 0 Å². The first-order chi connectivity index (χ1) is 19.5. The summed E-state index contributed by atoms with van der Waals surface area (Å²) in [5, 5.41) is 11.5. The van der Waals surface area contributed by atoms with Crippen molar-refractivity contribution in [3.63, 3.8) is 0 Å². The van der Waals surface area contributed by atoms with Crippen molar-refractivity contribution in [2.45, 2.75) is 38.6 Å². The molecule has 4 aromatic carbocycles. The molecular weight excluding hydrogens is 502 g/mol. The van der Waals surface area contributed by atoms with E-state index in [0.717, 1.165) is 22.4 Å². The summed E-state index contributed by atoms with van der Waals surface area (Å²) in [5.41, 5.74) is 4.18. The van der Waals surface area contributed by atoms with Gasteiger partial charge in [-0.2, -0.15) is 0 Å². The topological polar surface area (TPSA) is 76.1 Å². The highest BCUT2D eigenvalue weighted by atomic mass is 16.5. The predicted octanol–water partition coefficient (Wildman–Crippen LogP) is 6.21. The Kier molecular flexibility index (Phi) is 6.83.